The van der Waals surface area contributed by atoms with Crippen LogP contribution in [0.4, 0.5) is 0 Å². The molecule has 3 rings (SSSR count). The van der Waals surface area contributed by atoms with Crippen LogP contribution in [-0.2, 0) is 16.6 Å². The minimum absolute atomic E-state index is 0.203. The second kappa shape index (κ2) is 5.81. The van der Waals surface area contributed by atoms with Gasteiger partial charge in [0.2, 0.25) is 10.0 Å². The van der Waals surface area contributed by atoms with Gasteiger partial charge in [-0.25, -0.2) is 13.4 Å². The van der Waals surface area contributed by atoms with Crippen molar-refractivity contribution in [2.24, 2.45) is 5.92 Å². The summed E-state index contributed by atoms with van der Waals surface area (Å²) in [6.07, 6.45) is 4.96. The van der Waals surface area contributed by atoms with Crippen molar-refractivity contribution in [2.75, 3.05) is 13.1 Å². The lowest BCUT2D eigenvalue weighted by Crippen LogP contribution is -2.41. The Balaban J connectivity index is 1.79. The zero-order valence-corrected chi connectivity index (χ0v) is 13.5. The van der Waals surface area contributed by atoms with Gasteiger partial charge in [0, 0.05) is 19.6 Å². The number of sulfonamides is 1. The van der Waals surface area contributed by atoms with Gasteiger partial charge in [-0.05, 0) is 32.6 Å². The van der Waals surface area contributed by atoms with Crippen LogP contribution in [0.25, 0.3) is 0 Å². The van der Waals surface area contributed by atoms with E-state index in [0.717, 1.165) is 12.8 Å². The Bertz CT molecular complexity index is 718. The van der Waals surface area contributed by atoms with E-state index in [1.54, 1.807) is 24.9 Å². The summed E-state index contributed by atoms with van der Waals surface area (Å²) < 4.78 is 33.9. The van der Waals surface area contributed by atoms with E-state index in [1.165, 1.54) is 10.6 Å². The Morgan fingerprint density at radius 2 is 2.23 bits per heavy atom. The minimum atomic E-state index is -3.56. The van der Waals surface area contributed by atoms with Gasteiger partial charge in [0.05, 0.1) is 0 Å². The molecule has 0 amide bonds. The topological polar surface area (TPSA) is 94.1 Å². The molecule has 0 N–H and O–H groups in total. The van der Waals surface area contributed by atoms with Crippen molar-refractivity contribution in [1.82, 2.24) is 24.2 Å². The van der Waals surface area contributed by atoms with Crippen LogP contribution in [0.15, 0.2) is 22.1 Å². The van der Waals surface area contributed by atoms with Crippen LogP contribution < -0.4 is 0 Å². The third kappa shape index (κ3) is 2.78. The summed E-state index contributed by atoms with van der Waals surface area (Å²) >= 11 is 0. The first-order valence-electron chi connectivity index (χ1n) is 7.24. The number of nitrogens with zero attached hydrogens (tertiary/aromatic N) is 5. The predicted octanol–water partition coefficient (Wildman–Crippen LogP) is 0.984. The smallest absolute Gasteiger partial charge is 0.248 e. The first kappa shape index (κ1) is 15.2. The van der Waals surface area contributed by atoms with E-state index < -0.39 is 10.0 Å². The fourth-order valence-corrected chi connectivity index (χ4v) is 4.80. The normalized spacial score (nSPS) is 20.4. The van der Waals surface area contributed by atoms with Crippen molar-refractivity contribution in [1.29, 1.82) is 0 Å². The molecule has 9 heteroatoms. The number of hydrogen-bond donors (Lipinski definition) is 0. The van der Waals surface area contributed by atoms with Crippen LogP contribution in [0, 0.1) is 19.8 Å². The van der Waals surface area contributed by atoms with Crippen LogP contribution in [0.3, 0.4) is 0 Å². The average Bonchev–Trinajstić information content (AvgIpc) is 3.09. The maximum atomic E-state index is 12.8. The van der Waals surface area contributed by atoms with Crippen LogP contribution in [-0.4, -0.2) is 45.7 Å². The molecule has 120 valence electrons. The van der Waals surface area contributed by atoms with Gasteiger partial charge in [-0.3, -0.25) is 4.68 Å². The lowest BCUT2D eigenvalue weighted by atomic mass is 10.00. The maximum absolute atomic E-state index is 12.8. The molecule has 22 heavy (non-hydrogen) atoms. The highest BCUT2D eigenvalue weighted by Gasteiger charge is 2.34. The van der Waals surface area contributed by atoms with Crippen molar-refractivity contribution in [3.05, 3.63) is 24.1 Å². The molecule has 0 bridgehead atoms. The van der Waals surface area contributed by atoms with Crippen LogP contribution in [0.5, 0.6) is 0 Å². The van der Waals surface area contributed by atoms with Crippen molar-refractivity contribution in [3.8, 4) is 0 Å². The number of piperidine rings is 1. The van der Waals surface area contributed by atoms with E-state index in [-0.39, 0.29) is 10.8 Å². The molecule has 0 unspecified atom stereocenters. The number of rotatable bonds is 4. The lowest BCUT2D eigenvalue weighted by molar-refractivity contribution is 0.239. The number of aromatic nitrogens is 4. The van der Waals surface area contributed by atoms with Crippen molar-refractivity contribution < 1.29 is 12.9 Å². The summed E-state index contributed by atoms with van der Waals surface area (Å²) in [7, 11) is -3.56. The molecule has 3 heterocycles. The van der Waals surface area contributed by atoms with Gasteiger partial charge in [-0.2, -0.15) is 9.40 Å². The van der Waals surface area contributed by atoms with Crippen molar-refractivity contribution in [3.63, 3.8) is 0 Å². The molecule has 2 aromatic rings. The summed E-state index contributed by atoms with van der Waals surface area (Å²) in [6, 6.07) is 0. The molecular weight excluding hydrogens is 306 g/mol. The monoisotopic (exact) mass is 325 g/mol. The van der Waals surface area contributed by atoms with Crippen molar-refractivity contribution >= 4 is 10.0 Å². The minimum Gasteiger partial charge on any atom is -0.360 e. The SMILES string of the molecule is Cc1noc(C)c1S(=O)(=O)N1CCC[C@H](Cn2cncn2)C1. The molecule has 0 radical (unpaired) electrons. The van der Waals surface area contributed by atoms with Gasteiger partial charge >= 0.3 is 0 Å². The third-order valence-electron chi connectivity index (χ3n) is 3.96. The lowest BCUT2D eigenvalue weighted by Gasteiger charge is -2.31. The summed E-state index contributed by atoms with van der Waals surface area (Å²) in [6.45, 7) is 4.96. The highest BCUT2D eigenvalue weighted by Crippen LogP contribution is 2.28. The quantitative estimate of drug-likeness (QED) is 0.832. The molecule has 2 aromatic heterocycles. The first-order chi connectivity index (χ1) is 10.5. The summed E-state index contributed by atoms with van der Waals surface area (Å²) in [4.78, 5) is 4.12. The van der Waals surface area contributed by atoms with Crippen molar-refractivity contribution in [2.45, 2.75) is 38.1 Å². The summed E-state index contributed by atoms with van der Waals surface area (Å²) in [5, 5.41) is 7.84. The van der Waals surface area contributed by atoms with Gasteiger partial charge < -0.3 is 4.52 Å². The maximum Gasteiger partial charge on any atom is 0.248 e. The van der Waals surface area contributed by atoms with E-state index in [0.29, 0.717) is 31.1 Å². The summed E-state index contributed by atoms with van der Waals surface area (Å²) in [5.74, 6) is 0.571. The molecule has 1 aliphatic rings. The van der Waals surface area contributed by atoms with E-state index in [2.05, 4.69) is 15.2 Å². The molecule has 8 nitrogen and oxygen atoms in total. The fraction of sp³-hybridized carbons (Fsp3) is 0.615. The Morgan fingerprint density at radius 3 is 2.86 bits per heavy atom. The number of aryl methyl sites for hydroxylation is 2. The zero-order valence-electron chi connectivity index (χ0n) is 12.6. The van der Waals surface area contributed by atoms with Gasteiger partial charge in [0.25, 0.3) is 0 Å². The summed E-state index contributed by atoms with van der Waals surface area (Å²) in [5.41, 5.74) is 0.413. The van der Waals surface area contributed by atoms with E-state index in [4.69, 9.17) is 4.52 Å². The van der Waals surface area contributed by atoms with E-state index in [1.807, 2.05) is 0 Å². The Morgan fingerprint density at radius 1 is 1.41 bits per heavy atom. The van der Waals surface area contributed by atoms with Crippen LogP contribution in [0.2, 0.25) is 0 Å². The first-order valence-corrected chi connectivity index (χ1v) is 8.68. The van der Waals surface area contributed by atoms with Crippen LogP contribution in [0.1, 0.15) is 24.3 Å². The largest absolute Gasteiger partial charge is 0.360 e. The molecule has 0 saturated carbocycles. The Labute approximate surface area is 129 Å². The Hall–Kier alpha value is -1.74. The van der Waals surface area contributed by atoms with Gasteiger partial charge in [-0.1, -0.05) is 5.16 Å². The molecule has 1 aliphatic heterocycles. The Kier molecular flexibility index (Phi) is 4.00. The van der Waals surface area contributed by atoms with Gasteiger partial charge in [0.15, 0.2) is 5.76 Å². The highest BCUT2D eigenvalue weighted by atomic mass is 32.2. The number of hydrogen-bond acceptors (Lipinski definition) is 6. The molecule has 0 aromatic carbocycles. The molecule has 1 saturated heterocycles. The standard InChI is InChI=1S/C13H19N5O3S/c1-10-13(11(2)21-16-10)22(19,20)18-5-3-4-12(7-18)6-17-9-14-8-15-17/h8-9,12H,3-7H2,1-2H3/t12-/m1/s1. The molecule has 0 spiro atoms. The molecule has 0 aliphatic carbocycles. The van der Waals surface area contributed by atoms with Gasteiger partial charge in [-0.15, -0.1) is 0 Å². The van der Waals surface area contributed by atoms with Gasteiger partial charge in [0.1, 0.15) is 23.2 Å². The molecule has 1 atom stereocenters. The zero-order chi connectivity index (χ0) is 15.7. The van der Waals surface area contributed by atoms with E-state index in [9.17, 15) is 8.42 Å². The average molecular weight is 325 g/mol. The van der Waals surface area contributed by atoms with Crippen LogP contribution >= 0.6 is 0 Å². The second-order valence-corrected chi connectivity index (χ2v) is 7.52. The fourth-order valence-electron chi connectivity index (χ4n) is 2.96. The molecular formula is C13H19N5O3S. The highest BCUT2D eigenvalue weighted by molar-refractivity contribution is 7.89. The molecule has 1 fully saturated rings. The predicted molar refractivity (Wildman–Crippen MR) is 77.5 cm³/mol. The third-order valence-corrected chi connectivity index (χ3v) is 6.07. The second-order valence-electron chi connectivity index (χ2n) is 5.64. The van der Waals surface area contributed by atoms with E-state index >= 15 is 0 Å².